The second kappa shape index (κ2) is 12.2. The third-order valence-electron chi connectivity index (χ3n) is 9.70. The summed E-state index contributed by atoms with van der Waals surface area (Å²) in [5, 5.41) is 26.5. The van der Waals surface area contributed by atoms with Gasteiger partial charge in [0.2, 0.25) is 0 Å². The van der Waals surface area contributed by atoms with Crippen molar-refractivity contribution in [2.75, 3.05) is 7.11 Å². The zero-order valence-corrected chi connectivity index (χ0v) is 28.0. The van der Waals surface area contributed by atoms with Crippen LogP contribution in [0.1, 0.15) is 88.9 Å². The molecule has 9 nitrogen and oxygen atoms in total. The van der Waals surface area contributed by atoms with Crippen molar-refractivity contribution in [1.29, 1.82) is 0 Å². The first-order valence-corrected chi connectivity index (χ1v) is 15.0. The van der Waals surface area contributed by atoms with Crippen LogP contribution < -0.4 is 31.0 Å². The van der Waals surface area contributed by atoms with Gasteiger partial charge in [0.15, 0.2) is 0 Å². The normalized spacial score (nSPS) is 25.6. The summed E-state index contributed by atoms with van der Waals surface area (Å²) in [5.41, 5.74) is 10.2. The van der Waals surface area contributed by atoms with E-state index >= 15 is 0 Å². The average molecular weight is 618 g/mol. The summed E-state index contributed by atoms with van der Waals surface area (Å²) >= 11 is 0. The summed E-state index contributed by atoms with van der Waals surface area (Å²) in [6.45, 7) is 14.2. The number of rotatable bonds is 6. The fraction of sp³-hybridized carbons (Fsp3) is 0.371. The Balaban J connectivity index is 0.00000400. The number of hydrogen-bond acceptors (Lipinski definition) is 5. The first-order valence-electron chi connectivity index (χ1n) is 15.0. The number of carboxylic acid groups (broad SMARTS) is 1. The Morgan fingerprint density at radius 2 is 1.71 bits per heavy atom. The molecule has 3 aromatic rings. The number of aliphatic hydroxyl groups excluding tert-OH is 1. The molecule has 6 rings (SSSR count). The molecule has 45 heavy (non-hydrogen) atoms. The van der Waals surface area contributed by atoms with Gasteiger partial charge in [-0.3, -0.25) is 9.59 Å². The summed E-state index contributed by atoms with van der Waals surface area (Å²) in [6, 6.07) is 0. The van der Waals surface area contributed by atoms with Crippen molar-refractivity contribution in [2.24, 2.45) is 17.8 Å². The topological polar surface area (TPSA) is 138 Å². The Bertz CT molecular complexity index is 1920. The van der Waals surface area contributed by atoms with Crippen molar-refractivity contribution >= 4 is 64.9 Å². The van der Waals surface area contributed by atoms with Crippen molar-refractivity contribution in [3.63, 3.8) is 0 Å². The molecule has 10 heteroatoms. The van der Waals surface area contributed by atoms with Crippen LogP contribution in [0.3, 0.4) is 0 Å². The van der Waals surface area contributed by atoms with Crippen molar-refractivity contribution in [3.05, 3.63) is 84.8 Å². The van der Waals surface area contributed by atoms with Gasteiger partial charge in [0.05, 0.1) is 13.2 Å². The van der Waals surface area contributed by atoms with E-state index in [0.29, 0.717) is 34.6 Å². The van der Waals surface area contributed by atoms with Gasteiger partial charge >= 0.3 is 35.0 Å². The van der Waals surface area contributed by atoms with Crippen molar-refractivity contribution in [2.45, 2.75) is 60.0 Å². The molecule has 1 saturated heterocycles. The molecule has 1 aliphatic carbocycles. The number of aliphatic hydroxyl groups is 1. The van der Waals surface area contributed by atoms with E-state index in [1.807, 2.05) is 45.1 Å². The van der Waals surface area contributed by atoms with Gasteiger partial charge < -0.3 is 35.2 Å². The van der Waals surface area contributed by atoms with Crippen molar-refractivity contribution < 1.29 is 24.5 Å². The molecule has 230 valence electrons. The molecular weight excluding hydrogens is 581 g/mol. The van der Waals surface area contributed by atoms with Gasteiger partial charge in [0.25, 0.3) is 0 Å². The van der Waals surface area contributed by atoms with E-state index in [-0.39, 0.29) is 41.3 Å². The van der Waals surface area contributed by atoms with E-state index in [1.165, 1.54) is 7.11 Å². The zero-order valence-electron chi connectivity index (χ0n) is 26.6. The Kier molecular flexibility index (Phi) is 8.87. The molecule has 0 spiro atoms. The van der Waals surface area contributed by atoms with Gasteiger partial charge in [-0.05, 0) is 50.3 Å². The third-order valence-corrected chi connectivity index (χ3v) is 9.70. The SMILES string of the molecule is C=Cc1c2[n-]c(c1C)/C=C1\N/C(=C3\c4[n-]c(c(C)c4[C@H](O)[C@@H]3C(=O)OC)/C=c3\[n-]/c(c(C)c3CC)=C\2)[C@@H](CCC(=O)O)[C@@H]1C.[Mg+2]. The van der Waals surface area contributed by atoms with Crippen LogP contribution >= 0.6 is 0 Å². The Labute approximate surface area is 278 Å². The Morgan fingerprint density at radius 1 is 1.02 bits per heavy atom. The van der Waals surface area contributed by atoms with Gasteiger partial charge in [-0.25, -0.2) is 0 Å². The third kappa shape index (κ3) is 5.12. The van der Waals surface area contributed by atoms with Crippen LogP contribution in [0, 0.1) is 38.5 Å². The molecule has 0 amide bonds. The minimum Gasteiger partial charge on any atom is -0.657 e. The number of carbonyl (C=O) groups excluding carboxylic acids is 1. The molecule has 1 fully saturated rings. The van der Waals surface area contributed by atoms with Crippen LogP contribution in [0.5, 0.6) is 0 Å². The van der Waals surface area contributed by atoms with Gasteiger partial charge in [0, 0.05) is 29.7 Å². The molecule has 3 aliphatic rings. The quantitative estimate of drug-likeness (QED) is 0.281. The maximum Gasteiger partial charge on any atom is 2.00 e. The van der Waals surface area contributed by atoms with Gasteiger partial charge in [-0.1, -0.05) is 67.0 Å². The summed E-state index contributed by atoms with van der Waals surface area (Å²) < 4.78 is 5.19. The molecule has 2 aliphatic heterocycles. The molecule has 4 atom stereocenters. The van der Waals surface area contributed by atoms with Crippen LogP contribution in [-0.2, 0) is 20.7 Å². The van der Waals surface area contributed by atoms with Crippen LogP contribution in [0.15, 0.2) is 18.0 Å². The number of carbonyl (C=O) groups is 2. The molecular formula is C35H37MgN4O5-. The van der Waals surface area contributed by atoms with Crippen LogP contribution in [0.25, 0.3) is 29.9 Å². The van der Waals surface area contributed by atoms with E-state index in [1.54, 1.807) is 0 Å². The average Bonchev–Trinajstić information content (AvgIpc) is 3.72. The fourth-order valence-electron chi connectivity index (χ4n) is 7.22. The van der Waals surface area contributed by atoms with Gasteiger partial charge in [-0.2, -0.15) is 0 Å². The maximum absolute atomic E-state index is 13.3. The van der Waals surface area contributed by atoms with E-state index in [2.05, 4.69) is 25.7 Å². The van der Waals surface area contributed by atoms with Gasteiger partial charge in [0.1, 0.15) is 5.92 Å². The Morgan fingerprint density at radius 3 is 2.36 bits per heavy atom. The molecule has 3 aromatic heterocycles. The number of esters is 1. The smallest absolute Gasteiger partial charge is 0.657 e. The summed E-state index contributed by atoms with van der Waals surface area (Å²) in [7, 11) is 1.30. The molecule has 0 radical (unpaired) electrons. The van der Waals surface area contributed by atoms with E-state index in [0.717, 1.165) is 62.0 Å². The Hall–Kier alpha value is -3.73. The predicted molar refractivity (Wildman–Crippen MR) is 173 cm³/mol. The van der Waals surface area contributed by atoms with Gasteiger partial charge in [-0.15, -0.1) is 33.5 Å². The summed E-state index contributed by atoms with van der Waals surface area (Å²) in [6.07, 6.45) is 7.65. The number of aromatic nitrogens is 3. The number of nitrogens with one attached hydrogen (secondary N) is 1. The molecule has 0 saturated carbocycles. The monoisotopic (exact) mass is 617 g/mol. The molecule has 3 N–H and O–H groups in total. The summed E-state index contributed by atoms with van der Waals surface area (Å²) in [4.78, 5) is 40.0. The number of carboxylic acids is 1. The molecule has 5 heterocycles. The first-order chi connectivity index (χ1) is 21.0. The van der Waals surface area contributed by atoms with E-state index < -0.39 is 24.0 Å². The van der Waals surface area contributed by atoms with Crippen LogP contribution in [0.2, 0.25) is 0 Å². The number of methoxy groups -OCH3 is 1. The van der Waals surface area contributed by atoms with Crippen LogP contribution in [-0.4, -0.2) is 52.3 Å². The second-order valence-corrected chi connectivity index (χ2v) is 12.0. The number of allylic oxidation sites excluding steroid dienone is 2. The van der Waals surface area contributed by atoms with E-state index in [4.69, 9.17) is 19.7 Å². The first kappa shape index (κ1) is 32.7. The van der Waals surface area contributed by atoms with E-state index in [9.17, 15) is 19.8 Å². The van der Waals surface area contributed by atoms with Crippen LogP contribution in [0.4, 0.5) is 0 Å². The standard InChI is InChI=1S/C35H37N4O5.Mg/c1-8-19-15(3)22-12-24-17(5)21(10-11-28(40)41)32(38-24)30-31(35(43)44-7)34(42)29-18(6)25(39-33(29)30)14-27-20(9-2)16(4)23(37-27)13-26(19)36-22;/h8,12-14,17,21,31,34,38,42H,1,9-11H2,2-7H3,(H,40,41);/q-3;+2/b23-13-,24-12-,27-14-,32-30-;/t17-,21-,31+,34-;/m0./s1. The minimum atomic E-state index is -1.17. The fourth-order valence-corrected chi connectivity index (χ4v) is 7.22. The maximum atomic E-state index is 13.3. The largest absolute Gasteiger partial charge is 2.00 e. The number of nitrogens with zero attached hydrogens (tertiary/aromatic N) is 3. The second-order valence-electron chi connectivity index (χ2n) is 12.0. The molecule has 0 aromatic carbocycles. The minimum absolute atomic E-state index is 0. The number of aliphatic carboxylic acids is 1. The molecule has 0 unspecified atom stereocenters. The zero-order chi connectivity index (χ0) is 31.6. The number of hydrogen-bond donors (Lipinski definition) is 3. The number of fused-ring (bicyclic) bond motifs is 7. The van der Waals surface area contributed by atoms with Crippen molar-refractivity contribution in [1.82, 2.24) is 20.3 Å². The molecule has 8 bridgehead atoms. The number of ether oxygens (including phenoxy) is 1. The predicted octanol–water partition coefficient (Wildman–Crippen LogP) is 2.59. The van der Waals surface area contributed by atoms with Crippen molar-refractivity contribution in [3.8, 4) is 0 Å². The summed E-state index contributed by atoms with van der Waals surface area (Å²) in [5.74, 6) is -2.88.